The fourth-order valence-electron chi connectivity index (χ4n) is 2.33. The smallest absolute Gasteiger partial charge is 0.416 e. The average molecular weight is 330 g/mol. The van der Waals surface area contributed by atoms with Crippen molar-refractivity contribution < 1.29 is 22.7 Å². The van der Waals surface area contributed by atoms with Crippen LogP contribution >= 0.6 is 0 Å². The zero-order valence-corrected chi connectivity index (χ0v) is 12.5. The summed E-state index contributed by atoms with van der Waals surface area (Å²) >= 11 is 0. The van der Waals surface area contributed by atoms with E-state index in [2.05, 4.69) is 0 Å². The van der Waals surface area contributed by atoms with Crippen LogP contribution in [-0.4, -0.2) is 12.4 Å². The third kappa shape index (κ3) is 3.56. The van der Waals surface area contributed by atoms with Crippen LogP contribution < -0.4 is 4.74 Å². The van der Waals surface area contributed by atoms with Gasteiger partial charge in [0.2, 0.25) is 0 Å². The molecule has 122 valence electrons. The van der Waals surface area contributed by atoms with E-state index in [-0.39, 0.29) is 18.0 Å². The second-order valence-electron chi connectivity index (χ2n) is 5.30. The first kappa shape index (κ1) is 16.1. The Bertz CT molecular complexity index is 868. The lowest BCUT2D eigenvalue weighted by Gasteiger charge is -2.09. The molecule has 3 aromatic rings. The van der Waals surface area contributed by atoms with E-state index in [0.717, 1.165) is 35.0 Å². The van der Waals surface area contributed by atoms with E-state index >= 15 is 0 Å². The Labute approximate surface area is 136 Å². The third-order valence-electron chi connectivity index (χ3n) is 3.63. The number of hydrogen-bond donors (Lipinski definition) is 0. The first-order chi connectivity index (χ1) is 11.4. The topological polar surface area (TPSA) is 26.3 Å². The van der Waals surface area contributed by atoms with Crippen molar-refractivity contribution in [2.24, 2.45) is 0 Å². The van der Waals surface area contributed by atoms with Gasteiger partial charge in [-0.3, -0.25) is 4.79 Å². The Kier molecular flexibility index (Phi) is 4.25. The number of Topliss-reactive ketones (excluding diaryl/α,β-unsaturated/α-hetero) is 1. The summed E-state index contributed by atoms with van der Waals surface area (Å²) < 4.78 is 43.0. The average Bonchev–Trinajstić information content (AvgIpc) is 2.59. The zero-order chi connectivity index (χ0) is 17.2. The normalized spacial score (nSPS) is 11.5. The van der Waals surface area contributed by atoms with E-state index in [1.54, 1.807) is 6.07 Å². The monoisotopic (exact) mass is 330 g/mol. The van der Waals surface area contributed by atoms with Crippen molar-refractivity contribution >= 4 is 16.6 Å². The van der Waals surface area contributed by atoms with Gasteiger partial charge in [-0.05, 0) is 35.0 Å². The number of alkyl halides is 3. The minimum Gasteiger partial charge on any atom is -0.485 e. The molecule has 0 aliphatic carbocycles. The van der Waals surface area contributed by atoms with Gasteiger partial charge in [0.1, 0.15) is 5.75 Å². The molecule has 0 unspecified atom stereocenters. The van der Waals surface area contributed by atoms with Crippen molar-refractivity contribution in [2.45, 2.75) is 6.18 Å². The van der Waals surface area contributed by atoms with Gasteiger partial charge in [0.25, 0.3) is 0 Å². The molecular weight excluding hydrogens is 317 g/mol. The minimum atomic E-state index is -4.41. The van der Waals surface area contributed by atoms with Gasteiger partial charge in [0, 0.05) is 5.56 Å². The highest BCUT2D eigenvalue weighted by Crippen LogP contribution is 2.29. The lowest BCUT2D eigenvalue weighted by atomic mass is 10.1. The lowest BCUT2D eigenvalue weighted by molar-refractivity contribution is -0.137. The summed E-state index contributed by atoms with van der Waals surface area (Å²) in [6.45, 7) is -0.232. The quantitative estimate of drug-likeness (QED) is 0.621. The SMILES string of the molecule is O=C(COc1ccc2ccccc2c1)c1ccc(C(F)(F)F)cc1. The molecule has 0 atom stereocenters. The van der Waals surface area contributed by atoms with Crippen LogP contribution in [0.5, 0.6) is 5.75 Å². The van der Waals surface area contributed by atoms with Crippen molar-refractivity contribution in [1.29, 1.82) is 0 Å². The van der Waals surface area contributed by atoms with Gasteiger partial charge in [0.15, 0.2) is 12.4 Å². The van der Waals surface area contributed by atoms with Crippen molar-refractivity contribution in [2.75, 3.05) is 6.61 Å². The van der Waals surface area contributed by atoms with E-state index in [1.807, 2.05) is 36.4 Å². The predicted molar refractivity (Wildman–Crippen MR) is 85.2 cm³/mol. The molecule has 0 bridgehead atoms. The third-order valence-corrected chi connectivity index (χ3v) is 3.63. The minimum absolute atomic E-state index is 0.184. The second kappa shape index (κ2) is 6.35. The van der Waals surface area contributed by atoms with Gasteiger partial charge in [0.05, 0.1) is 5.56 Å². The second-order valence-corrected chi connectivity index (χ2v) is 5.30. The highest BCUT2D eigenvalue weighted by Gasteiger charge is 2.30. The van der Waals surface area contributed by atoms with Gasteiger partial charge in [-0.2, -0.15) is 13.2 Å². The van der Waals surface area contributed by atoms with Crippen molar-refractivity contribution in [1.82, 2.24) is 0 Å². The molecule has 5 heteroatoms. The zero-order valence-electron chi connectivity index (χ0n) is 12.5. The Morgan fingerprint density at radius 3 is 2.21 bits per heavy atom. The molecule has 0 heterocycles. The molecule has 0 saturated carbocycles. The summed E-state index contributed by atoms with van der Waals surface area (Å²) in [5, 5.41) is 2.04. The number of hydrogen-bond acceptors (Lipinski definition) is 2. The number of ether oxygens (including phenoxy) is 1. The Morgan fingerprint density at radius 2 is 1.54 bits per heavy atom. The molecule has 3 rings (SSSR count). The maximum Gasteiger partial charge on any atom is 0.416 e. The summed E-state index contributed by atoms with van der Waals surface area (Å²) in [4.78, 5) is 12.0. The molecule has 0 spiro atoms. The van der Waals surface area contributed by atoms with Crippen molar-refractivity contribution in [3.63, 3.8) is 0 Å². The summed E-state index contributed by atoms with van der Waals surface area (Å²) in [6.07, 6.45) is -4.41. The Morgan fingerprint density at radius 1 is 0.875 bits per heavy atom. The van der Waals surface area contributed by atoms with Crippen LogP contribution in [0.2, 0.25) is 0 Å². The number of halogens is 3. The highest BCUT2D eigenvalue weighted by atomic mass is 19.4. The van der Waals surface area contributed by atoms with Crippen LogP contribution in [0.15, 0.2) is 66.7 Å². The molecular formula is C19H13F3O2. The lowest BCUT2D eigenvalue weighted by Crippen LogP contribution is -2.12. The van der Waals surface area contributed by atoms with Crippen LogP contribution in [0.1, 0.15) is 15.9 Å². The Hall–Kier alpha value is -2.82. The fraction of sp³-hybridized carbons (Fsp3) is 0.105. The molecule has 0 N–H and O–H groups in total. The molecule has 0 fully saturated rings. The molecule has 0 aromatic heterocycles. The number of benzene rings is 3. The van der Waals surface area contributed by atoms with E-state index in [4.69, 9.17) is 4.74 Å². The van der Waals surface area contributed by atoms with E-state index in [0.29, 0.717) is 5.75 Å². The van der Waals surface area contributed by atoms with Crippen LogP contribution in [0.4, 0.5) is 13.2 Å². The van der Waals surface area contributed by atoms with Gasteiger partial charge < -0.3 is 4.74 Å². The number of carbonyl (C=O) groups is 1. The molecule has 24 heavy (non-hydrogen) atoms. The maximum absolute atomic E-state index is 12.5. The molecule has 0 aliphatic heterocycles. The first-order valence-corrected chi connectivity index (χ1v) is 7.25. The molecule has 0 amide bonds. The van der Waals surface area contributed by atoms with Crippen LogP contribution in [0.3, 0.4) is 0 Å². The van der Waals surface area contributed by atoms with Gasteiger partial charge in [-0.1, -0.05) is 42.5 Å². The molecule has 2 nitrogen and oxygen atoms in total. The summed E-state index contributed by atoms with van der Waals surface area (Å²) in [7, 11) is 0. The maximum atomic E-state index is 12.5. The largest absolute Gasteiger partial charge is 0.485 e. The highest BCUT2D eigenvalue weighted by molar-refractivity contribution is 5.97. The molecule has 0 radical (unpaired) electrons. The van der Waals surface area contributed by atoms with Gasteiger partial charge >= 0.3 is 6.18 Å². The summed E-state index contributed by atoms with van der Waals surface area (Å²) in [5.41, 5.74) is -0.599. The standard InChI is InChI=1S/C19H13F3O2/c20-19(21,22)16-8-5-14(6-9-16)18(23)12-24-17-10-7-13-3-1-2-4-15(13)11-17/h1-11H,12H2. The van der Waals surface area contributed by atoms with Gasteiger partial charge in [-0.25, -0.2) is 0 Å². The molecule has 3 aromatic carbocycles. The number of fused-ring (bicyclic) bond motifs is 1. The molecule has 0 aliphatic rings. The Balaban J connectivity index is 1.68. The predicted octanol–water partition coefficient (Wildman–Crippen LogP) is 5.12. The first-order valence-electron chi connectivity index (χ1n) is 7.25. The van der Waals surface area contributed by atoms with Crippen LogP contribution in [0.25, 0.3) is 10.8 Å². The number of rotatable bonds is 4. The van der Waals surface area contributed by atoms with Crippen LogP contribution in [-0.2, 0) is 6.18 Å². The summed E-state index contributed by atoms with van der Waals surface area (Å²) in [5.74, 6) is 0.158. The van der Waals surface area contributed by atoms with E-state index in [9.17, 15) is 18.0 Å². The molecule has 0 saturated heterocycles. The van der Waals surface area contributed by atoms with Crippen molar-refractivity contribution in [3.8, 4) is 5.75 Å². The number of carbonyl (C=O) groups excluding carboxylic acids is 1. The van der Waals surface area contributed by atoms with Crippen LogP contribution in [0, 0.1) is 0 Å². The van der Waals surface area contributed by atoms with Gasteiger partial charge in [-0.15, -0.1) is 0 Å². The number of ketones is 1. The van der Waals surface area contributed by atoms with E-state index in [1.165, 1.54) is 0 Å². The van der Waals surface area contributed by atoms with Crippen molar-refractivity contribution in [3.05, 3.63) is 77.9 Å². The fourth-order valence-corrected chi connectivity index (χ4v) is 2.33. The van der Waals surface area contributed by atoms with E-state index < -0.39 is 11.7 Å². The summed E-state index contributed by atoms with van der Waals surface area (Å²) in [6, 6.07) is 17.3.